The Hall–Kier alpha value is -1.36. The molecule has 0 spiro atoms. The van der Waals surface area contributed by atoms with Gasteiger partial charge in [-0.3, -0.25) is 9.59 Å². The van der Waals surface area contributed by atoms with E-state index in [1.165, 1.54) is 0 Å². The summed E-state index contributed by atoms with van der Waals surface area (Å²) >= 11 is 3.36. The van der Waals surface area contributed by atoms with Gasteiger partial charge in [0, 0.05) is 30.2 Å². The number of amides is 2. The first kappa shape index (κ1) is 14.1. The van der Waals surface area contributed by atoms with Crippen LogP contribution in [-0.2, 0) is 9.59 Å². The van der Waals surface area contributed by atoms with E-state index in [4.69, 9.17) is 0 Å². The van der Waals surface area contributed by atoms with Crippen LogP contribution < -0.4 is 5.32 Å². The SMILES string of the molecule is CC(=O)N1CCC[C@@H](C(=O)Nc2ccc(Br)cc2)C1. The lowest BCUT2D eigenvalue weighted by Gasteiger charge is -2.31. The van der Waals surface area contributed by atoms with Crippen molar-refractivity contribution >= 4 is 33.4 Å². The predicted molar refractivity (Wildman–Crippen MR) is 77.7 cm³/mol. The number of anilines is 1. The molecule has 1 N–H and O–H groups in total. The largest absolute Gasteiger partial charge is 0.342 e. The van der Waals surface area contributed by atoms with E-state index in [9.17, 15) is 9.59 Å². The highest BCUT2D eigenvalue weighted by atomic mass is 79.9. The number of nitrogens with one attached hydrogen (secondary N) is 1. The van der Waals surface area contributed by atoms with Crippen LogP contribution in [0.25, 0.3) is 0 Å². The fourth-order valence-electron chi connectivity index (χ4n) is 2.25. The molecule has 0 bridgehead atoms. The van der Waals surface area contributed by atoms with Gasteiger partial charge in [-0.1, -0.05) is 15.9 Å². The summed E-state index contributed by atoms with van der Waals surface area (Å²) in [5.74, 6) is -0.0734. The zero-order chi connectivity index (χ0) is 13.8. The molecule has 2 rings (SSSR count). The van der Waals surface area contributed by atoms with Crippen molar-refractivity contribution in [3.8, 4) is 0 Å². The van der Waals surface area contributed by atoms with E-state index in [2.05, 4.69) is 21.2 Å². The molecule has 0 unspecified atom stereocenters. The molecule has 1 aliphatic rings. The fraction of sp³-hybridized carbons (Fsp3) is 0.429. The number of carbonyl (C=O) groups excluding carboxylic acids is 2. The van der Waals surface area contributed by atoms with Gasteiger partial charge in [0.25, 0.3) is 0 Å². The van der Waals surface area contributed by atoms with Gasteiger partial charge < -0.3 is 10.2 Å². The van der Waals surface area contributed by atoms with Gasteiger partial charge in [0.15, 0.2) is 0 Å². The number of halogens is 1. The second kappa shape index (κ2) is 6.19. The summed E-state index contributed by atoms with van der Waals surface area (Å²) in [6.45, 7) is 2.84. The summed E-state index contributed by atoms with van der Waals surface area (Å²) < 4.78 is 0.978. The molecule has 2 amide bonds. The zero-order valence-electron chi connectivity index (χ0n) is 10.9. The van der Waals surface area contributed by atoms with Crippen LogP contribution in [0.4, 0.5) is 5.69 Å². The molecule has 1 saturated heterocycles. The van der Waals surface area contributed by atoms with Crippen molar-refractivity contribution in [1.29, 1.82) is 0 Å². The van der Waals surface area contributed by atoms with Crippen molar-refractivity contribution in [2.24, 2.45) is 5.92 Å². The van der Waals surface area contributed by atoms with E-state index < -0.39 is 0 Å². The highest BCUT2D eigenvalue weighted by Crippen LogP contribution is 2.20. The molecular weight excluding hydrogens is 308 g/mol. The smallest absolute Gasteiger partial charge is 0.229 e. The van der Waals surface area contributed by atoms with Gasteiger partial charge in [-0.15, -0.1) is 0 Å². The average molecular weight is 325 g/mol. The Morgan fingerprint density at radius 2 is 2.00 bits per heavy atom. The van der Waals surface area contributed by atoms with Crippen LogP contribution in [0.2, 0.25) is 0 Å². The van der Waals surface area contributed by atoms with Crippen molar-refractivity contribution in [1.82, 2.24) is 4.90 Å². The lowest BCUT2D eigenvalue weighted by Crippen LogP contribution is -2.42. The Kier molecular flexibility index (Phi) is 4.58. The first-order valence-electron chi connectivity index (χ1n) is 6.38. The summed E-state index contributed by atoms with van der Waals surface area (Å²) in [7, 11) is 0. The van der Waals surface area contributed by atoms with E-state index in [1.54, 1.807) is 11.8 Å². The molecule has 1 fully saturated rings. The molecule has 0 radical (unpaired) electrons. The van der Waals surface area contributed by atoms with Crippen molar-refractivity contribution in [2.75, 3.05) is 18.4 Å². The summed E-state index contributed by atoms with van der Waals surface area (Å²) in [4.78, 5) is 25.3. The van der Waals surface area contributed by atoms with Crippen LogP contribution in [0.1, 0.15) is 19.8 Å². The van der Waals surface area contributed by atoms with E-state index >= 15 is 0 Å². The summed E-state index contributed by atoms with van der Waals surface area (Å²) in [6.07, 6.45) is 1.73. The monoisotopic (exact) mass is 324 g/mol. The van der Waals surface area contributed by atoms with Gasteiger partial charge in [-0.05, 0) is 37.1 Å². The Morgan fingerprint density at radius 3 is 2.63 bits per heavy atom. The quantitative estimate of drug-likeness (QED) is 0.909. The maximum absolute atomic E-state index is 12.2. The van der Waals surface area contributed by atoms with Crippen LogP contribution >= 0.6 is 15.9 Å². The van der Waals surface area contributed by atoms with Crippen molar-refractivity contribution < 1.29 is 9.59 Å². The van der Waals surface area contributed by atoms with Crippen molar-refractivity contribution in [2.45, 2.75) is 19.8 Å². The second-order valence-electron chi connectivity index (χ2n) is 4.80. The molecule has 0 saturated carbocycles. The number of nitrogens with zero attached hydrogens (tertiary/aromatic N) is 1. The third-order valence-corrected chi connectivity index (χ3v) is 3.88. The Bertz CT molecular complexity index is 473. The lowest BCUT2D eigenvalue weighted by atomic mass is 9.97. The molecule has 4 nitrogen and oxygen atoms in total. The van der Waals surface area contributed by atoms with Crippen LogP contribution in [-0.4, -0.2) is 29.8 Å². The molecule has 0 aliphatic carbocycles. The van der Waals surface area contributed by atoms with E-state index in [0.717, 1.165) is 29.5 Å². The number of carbonyl (C=O) groups is 2. The van der Waals surface area contributed by atoms with Crippen molar-refractivity contribution in [3.63, 3.8) is 0 Å². The van der Waals surface area contributed by atoms with E-state index in [1.807, 2.05) is 24.3 Å². The van der Waals surface area contributed by atoms with Crippen LogP contribution in [0.3, 0.4) is 0 Å². The van der Waals surface area contributed by atoms with Gasteiger partial charge in [0.1, 0.15) is 0 Å². The first-order chi connectivity index (χ1) is 9.06. The number of piperidine rings is 1. The summed E-state index contributed by atoms with van der Waals surface area (Å²) in [6, 6.07) is 7.48. The standard InChI is InChI=1S/C14H17BrN2O2/c1-10(18)17-8-2-3-11(9-17)14(19)16-13-6-4-12(15)5-7-13/h4-7,11H,2-3,8-9H2,1H3,(H,16,19)/t11-/m1/s1. The van der Waals surface area contributed by atoms with Gasteiger partial charge in [-0.2, -0.15) is 0 Å². The minimum Gasteiger partial charge on any atom is -0.342 e. The number of rotatable bonds is 2. The molecule has 1 atom stereocenters. The molecule has 1 heterocycles. The van der Waals surface area contributed by atoms with Gasteiger partial charge in [0.05, 0.1) is 5.92 Å². The lowest BCUT2D eigenvalue weighted by molar-refractivity contribution is -0.132. The molecule has 1 aromatic carbocycles. The summed E-state index contributed by atoms with van der Waals surface area (Å²) in [5.41, 5.74) is 0.785. The third-order valence-electron chi connectivity index (χ3n) is 3.35. The van der Waals surface area contributed by atoms with Crippen LogP contribution in [0, 0.1) is 5.92 Å². The topological polar surface area (TPSA) is 49.4 Å². The molecule has 5 heteroatoms. The highest BCUT2D eigenvalue weighted by Gasteiger charge is 2.26. The van der Waals surface area contributed by atoms with Gasteiger partial charge in [0.2, 0.25) is 11.8 Å². The van der Waals surface area contributed by atoms with E-state index in [-0.39, 0.29) is 17.7 Å². The number of benzene rings is 1. The summed E-state index contributed by atoms with van der Waals surface area (Å²) in [5, 5.41) is 2.90. The number of likely N-dealkylation sites (tertiary alicyclic amines) is 1. The Balaban J connectivity index is 1.96. The maximum atomic E-state index is 12.2. The van der Waals surface area contributed by atoms with Crippen LogP contribution in [0.5, 0.6) is 0 Å². The number of hydrogen-bond acceptors (Lipinski definition) is 2. The minimum absolute atomic E-state index is 0.00623. The number of hydrogen-bond donors (Lipinski definition) is 1. The Labute approximate surface area is 121 Å². The molecule has 102 valence electrons. The molecule has 1 aliphatic heterocycles. The third kappa shape index (κ3) is 3.80. The Morgan fingerprint density at radius 1 is 1.32 bits per heavy atom. The van der Waals surface area contributed by atoms with Gasteiger partial charge >= 0.3 is 0 Å². The van der Waals surface area contributed by atoms with E-state index in [0.29, 0.717) is 6.54 Å². The van der Waals surface area contributed by atoms with Gasteiger partial charge in [-0.25, -0.2) is 0 Å². The first-order valence-corrected chi connectivity index (χ1v) is 7.17. The fourth-order valence-corrected chi connectivity index (χ4v) is 2.52. The zero-order valence-corrected chi connectivity index (χ0v) is 12.4. The minimum atomic E-state index is -0.110. The maximum Gasteiger partial charge on any atom is 0.229 e. The molecule has 1 aromatic rings. The normalized spacial score (nSPS) is 19.1. The highest BCUT2D eigenvalue weighted by molar-refractivity contribution is 9.10. The molecule has 0 aromatic heterocycles. The van der Waals surface area contributed by atoms with Crippen LogP contribution in [0.15, 0.2) is 28.7 Å². The second-order valence-corrected chi connectivity index (χ2v) is 5.72. The molecular formula is C14H17BrN2O2. The molecule has 19 heavy (non-hydrogen) atoms. The van der Waals surface area contributed by atoms with Crippen molar-refractivity contribution in [3.05, 3.63) is 28.7 Å². The average Bonchev–Trinajstić information content (AvgIpc) is 2.41. The predicted octanol–water partition coefficient (Wildman–Crippen LogP) is 2.65.